The molecule has 7 rings (SSSR count). The first-order valence-electron chi connectivity index (χ1n) is 12.1. The van der Waals surface area contributed by atoms with E-state index < -0.39 is 6.04 Å². The van der Waals surface area contributed by atoms with Gasteiger partial charge in [0.1, 0.15) is 23.4 Å². The van der Waals surface area contributed by atoms with Gasteiger partial charge in [-0.05, 0) is 73.2 Å². The van der Waals surface area contributed by atoms with Crippen molar-refractivity contribution in [1.29, 1.82) is 0 Å². The monoisotopic (exact) mass is 520 g/mol. The van der Waals surface area contributed by atoms with Crippen molar-refractivity contribution in [1.82, 2.24) is 9.78 Å². The summed E-state index contributed by atoms with van der Waals surface area (Å²) in [7, 11) is 1.58. The van der Waals surface area contributed by atoms with E-state index >= 15 is 0 Å². The molecular weight excluding hydrogens is 500 g/mol. The van der Waals surface area contributed by atoms with Crippen molar-refractivity contribution < 1.29 is 9.15 Å². The van der Waals surface area contributed by atoms with E-state index in [-0.39, 0.29) is 5.43 Å². The lowest BCUT2D eigenvalue weighted by atomic mass is 9.92. The highest BCUT2D eigenvalue weighted by Crippen LogP contribution is 2.46. The Kier molecular flexibility index (Phi) is 5.03. The van der Waals surface area contributed by atoms with Crippen LogP contribution in [0.25, 0.3) is 22.7 Å². The molecule has 0 bridgehead atoms. The third kappa shape index (κ3) is 3.32. The van der Waals surface area contributed by atoms with Crippen molar-refractivity contribution >= 4 is 46.0 Å². The lowest BCUT2D eigenvalue weighted by Crippen LogP contribution is -2.40. The summed E-state index contributed by atoms with van der Waals surface area (Å²) in [5.74, 6) is 1.96. The molecule has 0 spiro atoms. The highest BCUT2D eigenvalue weighted by molar-refractivity contribution is 6.30. The van der Waals surface area contributed by atoms with E-state index in [9.17, 15) is 4.79 Å². The number of rotatable bonds is 3. The quantitative estimate of drug-likeness (QED) is 0.267. The van der Waals surface area contributed by atoms with E-state index in [0.29, 0.717) is 39.0 Å². The molecule has 38 heavy (non-hydrogen) atoms. The third-order valence-electron chi connectivity index (χ3n) is 7.06. The van der Waals surface area contributed by atoms with Crippen LogP contribution in [0, 0.1) is 6.92 Å². The number of aryl methyl sites for hydroxylation is 1. The second kappa shape index (κ2) is 8.46. The number of methoxy groups -OCH3 is 1. The molecule has 5 aromatic rings. The molecule has 4 heterocycles. The van der Waals surface area contributed by atoms with E-state index in [1.165, 1.54) is 0 Å². The summed E-state index contributed by atoms with van der Waals surface area (Å²) >= 11 is 6.15. The maximum absolute atomic E-state index is 14.1. The van der Waals surface area contributed by atoms with Crippen LogP contribution in [-0.4, -0.2) is 22.7 Å². The number of ether oxygens (including phenoxy) is 1. The summed E-state index contributed by atoms with van der Waals surface area (Å²) in [6, 6.07) is 20.2. The van der Waals surface area contributed by atoms with Crippen molar-refractivity contribution in [3.05, 3.63) is 117 Å². The Hall–Kier alpha value is -4.62. The van der Waals surface area contributed by atoms with E-state index in [2.05, 4.69) is 4.90 Å². The van der Waals surface area contributed by atoms with Crippen LogP contribution >= 0.6 is 11.6 Å². The molecule has 0 aliphatic carbocycles. The minimum absolute atomic E-state index is 0.131. The fraction of sp³-hybridized carbons (Fsp3) is 0.100. The molecule has 0 saturated heterocycles. The van der Waals surface area contributed by atoms with E-state index in [0.717, 1.165) is 28.2 Å². The molecule has 2 aliphatic heterocycles. The zero-order valence-electron chi connectivity index (χ0n) is 20.6. The van der Waals surface area contributed by atoms with Crippen LogP contribution in [0.1, 0.15) is 28.4 Å². The minimum Gasteiger partial charge on any atom is -0.497 e. The second-order valence-electron chi connectivity index (χ2n) is 9.23. The molecule has 7 nitrogen and oxygen atoms in total. The molecule has 0 radical (unpaired) electrons. The van der Waals surface area contributed by atoms with Crippen molar-refractivity contribution in [2.75, 3.05) is 12.0 Å². The average molecular weight is 521 g/mol. The summed E-state index contributed by atoms with van der Waals surface area (Å²) in [5.41, 5.74) is 5.27. The molecule has 0 unspecified atom stereocenters. The van der Waals surface area contributed by atoms with Gasteiger partial charge in [0.15, 0.2) is 11.2 Å². The summed E-state index contributed by atoms with van der Waals surface area (Å²) in [6.45, 7) is 1.94. The Bertz CT molecular complexity index is 1870. The molecular formula is C30H21ClN4O3. The number of aliphatic imine (C=N–C) groups is 1. The van der Waals surface area contributed by atoms with Crippen LogP contribution in [0.2, 0.25) is 5.02 Å². The number of hydrogen-bond acceptors (Lipinski definition) is 6. The Labute approximate surface area is 222 Å². The fourth-order valence-electron chi connectivity index (χ4n) is 5.27. The molecule has 0 N–H and O–H groups in total. The van der Waals surface area contributed by atoms with Crippen LogP contribution in [-0.2, 0) is 0 Å². The maximum Gasteiger partial charge on any atom is 0.198 e. The zero-order valence-corrected chi connectivity index (χ0v) is 21.3. The topological polar surface area (TPSA) is 72.9 Å². The van der Waals surface area contributed by atoms with Gasteiger partial charge in [-0.2, -0.15) is 5.10 Å². The number of hydrogen-bond donors (Lipinski definition) is 0. The number of nitrogens with zero attached hydrogens (tertiary/aromatic N) is 4. The van der Waals surface area contributed by atoms with Gasteiger partial charge in [-0.1, -0.05) is 29.8 Å². The maximum atomic E-state index is 14.1. The predicted molar refractivity (Wildman–Crippen MR) is 149 cm³/mol. The van der Waals surface area contributed by atoms with Crippen LogP contribution in [0.5, 0.6) is 5.75 Å². The number of amidine groups is 1. The number of anilines is 1. The summed E-state index contributed by atoms with van der Waals surface area (Å²) in [6.07, 6.45) is 5.57. The van der Waals surface area contributed by atoms with Gasteiger partial charge in [-0.3, -0.25) is 4.79 Å². The number of fused-ring (bicyclic) bond motifs is 5. The Balaban J connectivity index is 1.53. The van der Waals surface area contributed by atoms with Gasteiger partial charge >= 0.3 is 0 Å². The molecule has 3 aromatic carbocycles. The minimum atomic E-state index is -0.517. The van der Waals surface area contributed by atoms with Crippen LogP contribution in [0.3, 0.4) is 0 Å². The number of para-hydroxylation sites is 1. The SMILES string of the molecule is COc1ccc2occ([C@@H]3c4c(C)nn(-c5ccc(Cl)cc5)c4N=C4C=Cc5ccccc5N43)c(=O)c2c1. The van der Waals surface area contributed by atoms with E-state index in [4.69, 9.17) is 30.8 Å². The van der Waals surface area contributed by atoms with Crippen LogP contribution in [0.15, 0.2) is 93.3 Å². The largest absolute Gasteiger partial charge is 0.497 e. The standard InChI is InChI=1S/C30H21ClN4O3/c1-17-27-28(23-16-38-25-13-12-21(37-2)15-22(25)29(23)36)34-24-6-4-3-5-18(24)7-14-26(34)32-30(27)35(33-17)20-10-8-19(31)9-11-20/h3-16,28H,1-2H3/t28-/m1/s1. The van der Waals surface area contributed by atoms with E-state index in [1.807, 2.05) is 67.6 Å². The Morgan fingerprint density at radius 3 is 2.66 bits per heavy atom. The normalized spacial score (nSPS) is 15.6. The molecule has 0 saturated carbocycles. The predicted octanol–water partition coefficient (Wildman–Crippen LogP) is 6.62. The first-order chi connectivity index (χ1) is 18.5. The molecule has 0 fully saturated rings. The molecule has 0 amide bonds. The molecule has 8 heteroatoms. The van der Waals surface area contributed by atoms with Crippen molar-refractivity contribution in [2.45, 2.75) is 13.0 Å². The lowest BCUT2D eigenvalue weighted by Gasteiger charge is -2.38. The number of halogens is 1. The van der Waals surface area contributed by atoms with Gasteiger partial charge in [-0.15, -0.1) is 0 Å². The average Bonchev–Trinajstić information content (AvgIpc) is 3.28. The van der Waals surface area contributed by atoms with Gasteiger partial charge in [0.05, 0.1) is 41.2 Å². The van der Waals surface area contributed by atoms with E-state index in [1.54, 1.807) is 36.3 Å². The second-order valence-corrected chi connectivity index (χ2v) is 9.66. The molecule has 186 valence electrons. The van der Waals surface area contributed by atoms with Gasteiger partial charge in [0.2, 0.25) is 0 Å². The number of aromatic nitrogens is 2. The molecule has 1 atom stereocenters. The van der Waals surface area contributed by atoms with Gasteiger partial charge in [-0.25, -0.2) is 9.67 Å². The van der Waals surface area contributed by atoms with Crippen LogP contribution < -0.4 is 15.1 Å². The molecule has 2 aromatic heterocycles. The highest BCUT2D eigenvalue weighted by atomic mass is 35.5. The van der Waals surface area contributed by atoms with Crippen molar-refractivity contribution in [3.63, 3.8) is 0 Å². The summed E-state index contributed by atoms with van der Waals surface area (Å²) in [5, 5.41) is 5.96. The Morgan fingerprint density at radius 1 is 1.03 bits per heavy atom. The summed E-state index contributed by atoms with van der Waals surface area (Å²) < 4.78 is 13.2. The first-order valence-corrected chi connectivity index (χ1v) is 12.5. The number of benzene rings is 3. The third-order valence-corrected chi connectivity index (χ3v) is 7.31. The lowest BCUT2D eigenvalue weighted by molar-refractivity contribution is 0.415. The van der Waals surface area contributed by atoms with Gasteiger partial charge in [0, 0.05) is 10.6 Å². The smallest absolute Gasteiger partial charge is 0.198 e. The van der Waals surface area contributed by atoms with Gasteiger partial charge < -0.3 is 14.1 Å². The van der Waals surface area contributed by atoms with Gasteiger partial charge in [0.25, 0.3) is 0 Å². The summed E-state index contributed by atoms with van der Waals surface area (Å²) in [4.78, 5) is 21.2. The first kappa shape index (κ1) is 22.6. The van der Waals surface area contributed by atoms with Crippen molar-refractivity contribution in [3.8, 4) is 11.4 Å². The van der Waals surface area contributed by atoms with Crippen molar-refractivity contribution in [2.24, 2.45) is 4.99 Å². The fourth-order valence-corrected chi connectivity index (χ4v) is 5.39. The molecule has 2 aliphatic rings. The van der Waals surface area contributed by atoms with Crippen LogP contribution in [0.4, 0.5) is 11.5 Å². The zero-order chi connectivity index (χ0) is 26.0. The Morgan fingerprint density at radius 2 is 1.84 bits per heavy atom. The highest BCUT2D eigenvalue weighted by Gasteiger charge is 2.39.